The minimum atomic E-state index is -1.15. The van der Waals surface area contributed by atoms with Crippen molar-refractivity contribution in [2.45, 2.75) is 103 Å². The predicted molar refractivity (Wildman–Crippen MR) is 176 cm³/mol. The fourth-order valence-corrected chi connectivity index (χ4v) is 6.12. The van der Waals surface area contributed by atoms with Crippen molar-refractivity contribution < 1.29 is 38.7 Å². The topological polar surface area (TPSA) is 249 Å². The molecule has 0 saturated carbocycles. The van der Waals surface area contributed by atoms with Gasteiger partial charge in [0.05, 0.1) is 25.5 Å². The third-order valence-electron chi connectivity index (χ3n) is 8.57. The Morgan fingerprint density at radius 2 is 1.33 bits per heavy atom. The number of hydrogen-bond acceptors (Lipinski definition) is 9. The minimum Gasteiger partial charge on any atom is -0.480 e. The number of carbonyl (C=O) groups is 7. The van der Waals surface area contributed by atoms with Crippen molar-refractivity contribution in [3.8, 4) is 0 Å². The number of hydrogen-bond donors (Lipinski definition) is 7. The molecule has 17 nitrogen and oxygen atoms in total. The van der Waals surface area contributed by atoms with Crippen LogP contribution in [0.5, 0.6) is 0 Å². The zero-order valence-electron chi connectivity index (χ0n) is 28.7. The largest absolute Gasteiger partial charge is 0.480 e. The highest BCUT2D eigenvalue weighted by molar-refractivity contribution is 5.96. The van der Waals surface area contributed by atoms with Crippen LogP contribution in [0, 0.1) is 11.8 Å². The van der Waals surface area contributed by atoms with E-state index in [1.807, 2.05) is 27.7 Å². The highest BCUT2D eigenvalue weighted by Gasteiger charge is 2.38. The smallest absolute Gasteiger partial charge is 0.326 e. The van der Waals surface area contributed by atoms with Crippen LogP contribution in [0.2, 0.25) is 0 Å². The summed E-state index contributed by atoms with van der Waals surface area (Å²) in [6.45, 7) is 7.26. The molecule has 2 aliphatic heterocycles. The highest BCUT2D eigenvalue weighted by Crippen LogP contribution is 2.20. The molecule has 2 aliphatic rings. The van der Waals surface area contributed by atoms with Crippen LogP contribution in [-0.4, -0.2) is 123 Å². The minimum absolute atomic E-state index is 0.00563. The SMILES string of the molecule is CC(C)CC(NC(=O)C1CCCN1C(=O)CNC(=O)C(CC(C)C)NC(=O)C1CCCN1C(=O)CNC(=O)C(N)Cc1cnc[nH]1)C(=O)O. The zero-order valence-corrected chi connectivity index (χ0v) is 28.7. The number of nitrogens with two attached hydrogens (primary N) is 1. The molecule has 2 fully saturated rings. The molecule has 1 aromatic rings. The van der Waals surface area contributed by atoms with Gasteiger partial charge in [-0.25, -0.2) is 9.78 Å². The van der Waals surface area contributed by atoms with E-state index >= 15 is 0 Å². The van der Waals surface area contributed by atoms with Crippen molar-refractivity contribution in [3.63, 3.8) is 0 Å². The number of carboxylic acids is 1. The summed E-state index contributed by atoms with van der Waals surface area (Å²) in [4.78, 5) is 99.3. The lowest BCUT2D eigenvalue weighted by atomic mass is 10.0. The first-order valence-electron chi connectivity index (χ1n) is 16.9. The molecule has 2 saturated heterocycles. The van der Waals surface area contributed by atoms with Crippen molar-refractivity contribution in [1.29, 1.82) is 0 Å². The Morgan fingerprint density at radius 1 is 0.837 bits per heavy atom. The predicted octanol–water partition coefficient (Wildman–Crippen LogP) is -1.36. The Morgan fingerprint density at radius 3 is 1.80 bits per heavy atom. The first kappa shape index (κ1) is 38.9. The molecule has 6 amide bonds. The van der Waals surface area contributed by atoms with E-state index in [9.17, 15) is 38.7 Å². The number of carboxylic acid groups (broad SMARTS) is 1. The first-order chi connectivity index (χ1) is 23.2. The Hall–Kier alpha value is -4.54. The number of nitrogens with one attached hydrogen (secondary N) is 5. The van der Waals surface area contributed by atoms with Gasteiger partial charge in [-0.1, -0.05) is 27.7 Å². The molecule has 49 heavy (non-hydrogen) atoms. The molecular weight excluding hydrogens is 638 g/mol. The fraction of sp³-hybridized carbons (Fsp3) is 0.688. The summed E-state index contributed by atoms with van der Waals surface area (Å²) >= 11 is 0. The van der Waals surface area contributed by atoms with E-state index in [2.05, 4.69) is 31.2 Å². The van der Waals surface area contributed by atoms with Gasteiger partial charge in [-0.15, -0.1) is 0 Å². The molecular formula is C32H51N9O8. The molecule has 3 heterocycles. The van der Waals surface area contributed by atoms with Gasteiger partial charge in [0.25, 0.3) is 0 Å². The van der Waals surface area contributed by atoms with Gasteiger partial charge < -0.3 is 46.9 Å². The molecule has 5 atom stereocenters. The van der Waals surface area contributed by atoms with E-state index in [1.165, 1.54) is 16.1 Å². The number of rotatable bonds is 17. The molecule has 17 heteroatoms. The number of carbonyl (C=O) groups excluding carboxylic acids is 6. The first-order valence-corrected chi connectivity index (χ1v) is 16.9. The van der Waals surface area contributed by atoms with Crippen LogP contribution < -0.4 is 27.0 Å². The van der Waals surface area contributed by atoms with Crippen molar-refractivity contribution >= 4 is 41.4 Å². The van der Waals surface area contributed by atoms with Crippen molar-refractivity contribution in [2.75, 3.05) is 26.2 Å². The Kier molecular flexibility index (Phi) is 14.5. The molecule has 0 aromatic carbocycles. The quantitative estimate of drug-likeness (QED) is 0.101. The van der Waals surface area contributed by atoms with Crippen molar-refractivity contribution in [3.05, 3.63) is 18.2 Å². The number of aromatic nitrogens is 2. The maximum atomic E-state index is 13.4. The molecule has 5 unspecified atom stereocenters. The van der Waals surface area contributed by atoms with Crippen molar-refractivity contribution in [2.24, 2.45) is 17.6 Å². The summed E-state index contributed by atoms with van der Waals surface area (Å²) in [5.74, 6) is -4.28. The third kappa shape index (κ3) is 11.5. The molecule has 0 bridgehead atoms. The second kappa shape index (κ2) is 18.3. The van der Waals surface area contributed by atoms with Crippen LogP contribution >= 0.6 is 0 Å². The summed E-state index contributed by atoms with van der Waals surface area (Å²) < 4.78 is 0. The zero-order chi connectivity index (χ0) is 36.2. The molecule has 3 rings (SSSR count). The number of amides is 6. The van der Waals surface area contributed by atoms with Crippen LogP contribution in [0.25, 0.3) is 0 Å². The molecule has 0 radical (unpaired) electrons. The average Bonchev–Trinajstić information content (AvgIpc) is 3.83. The summed E-state index contributed by atoms with van der Waals surface area (Å²) in [6, 6.07) is -4.68. The van der Waals surface area contributed by atoms with Gasteiger partial charge in [0.2, 0.25) is 35.4 Å². The van der Waals surface area contributed by atoms with Gasteiger partial charge in [-0.05, 0) is 50.4 Å². The number of aliphatic carboxylic acids is 1. The number of aromatic amines is 1. The maximum Gasteiger partial charge on any atom is 0.326 e. The summed E-state index contributed by atoms with van der Waals surface area (Å²) in [5.41, 5.74) is 6.61. The molecule has 8 N–H and O–H groups in total. The normalized spacial score (nSPS) is 19.3. The van der Waals surface area contributed by atoms with Gasteiger partial charge in [0, 0.05) is 31.4 Å². The van der Waals surface area contributed by atoms with Crippen LogP contribution in [0.15, 0.2) is 12.5 Å². The lowest BCUT2D eigenvalue weighted by Crippen LogP contribution is -2.56. The fourth-order valence-electron chi connectivity index (χ4n) is 6.12. The number of likely N-dealkylation sites (tertiary alicyclic amines) is 2. The number of nitrogens with zero attached hydrogens (tertiary/aromatic N) is 3. The third-order valence-corrected chi connectivity index (χ3v) is 8.57. The number of H-pyrrole nitrogens is 1. The monoisotopic (exact) mass is 689 g/mol. The Balaban J connectivity index is 1.54. The molecule has 272 valence electrons. The Labute approximate surface area is 285 Å². The van der Waals surface area contributed by atoms with E-state index in [0.29, 0.717) is 37.9 Å². The van der Waals surface area contributed by atoms with Gasteiger partial charge in [0.15, 0.2) is 0 Å². The van der Waals surface area contributed by atoms with Crippen LogP contribution in [0.4, 0.5) is 0 Å². The van der Waals surface area contributed by atoms with E-state index < -0.39 is 78.2 Å². The van der Waals surface area contributed by atoms with E-state index in [0.717, 1.165) is 0 Å². The lowest BCUT2D eigenvalue weighted by molar-refractivity contribution is -0.144. The van der Waals surface area contributed by atoms with Crippen LogP contribution in [0.3, 0.4) is 0 Å². The summed E-state index contributed by atoms with van der Waals surface area (Å²) in [7, 11) is 0. The standard InChI is InChI=1S/C32H51N9O8/c1-18(2)11-22(29(45)36-16-27(43)41-10-6-8-25(41)31(47)39-23(32(48)49)12-19(3)4)38-30(46)24-7-5-9-40(24)26(42)15-35-28(44)21(33)13-20-14-34-17-37-20/h14,17-19,21-25H,5-13,15-16,33H2,1-4H3,(H,34,37)(H,35,44)(H,36,45)(H,38,46)(H,39,47)(H,48,49). The maximum absolute atomic E-state index is 13.4. The van der Waals surface area contributed by atoms with E-state index in [1.54, 1.807) is 6.20 Å². The van der Waals surface area contributed by atoms with Crippen molar-refractivity contribution in [1.82, 2.24) is 41.0 Å². The van der Waals surface area contributed by atoms with E-state index in [-0.39, 0.29) is 44.2 Å². The lowest BCUT2D eigenvalue weighted by Gasteiger charge is -2.28. The molecule has 1 aromatic heterocycles. The van der Waals surface area contributed by atoms with Gasteiger partial charge in [-0.2, -0.15) is 0 Å². The average molecular weight is 690 g/mol. The molecule has 0 spiro atoms. The summed E-state index contributed by atoms with van der Waals surface area (Å²) in [5, 5.41) is 19.9. The highest BCUT2D eigenvalue weighted by atomic mass is 16.4. The van der Waals surface area contributed by atoms with E-state index in [4.69, 9.17) is 5.73 Å². The second-order valence-electron chi connectivity index (χ2n) is 13.5. The summed E-state index contributed by atoms with van der Waals surface area (Å²) in [6.07, 6.45) is 5.57. The number of imidazole rings is 1. The van der Waals surface area contributed by atoms with Gasteiger partial charge >= 0.3 is 5.97 Å². The molecule has 0 aliphatic carbocycles. The second-order valence-corrected chi connectivity index (χ2v) is 13.5. The van der Waals surface area contributed by atoms with Crippen LogP contribution in [-0.2, 0) is 40.0 Å². The van der Waals surface area contributed by atoms with Gasteiger partial charge in [-0.3, -0.25) is 28.8 Å². The van der Waals surface area contributed by atoms with Gasteiger partial charge in [0.1, 0.15) is 24.2 Å². The van der Waals surface area contributed by atoms with Crippen LogP contribution in [0.1, 0.15) is 71.9 Å². The Bertz CT molecular complexity index is 1340.